The molecule has 0 atom stereocenters. The molecule has 0 spiro atoms. The van der Waals surface area contributed by atoms with Gasteiger partial charge in [0.15, 0.2) is 0 Å². The van der Waals surface area contributed by atoms with Crippen molar-refractivity contribution in [1.29, 1.82) is 0 Å². The van der Waals surface area contributed by atoms with Crippen molar-refractivity contribution in [2.24, 2.45) is 0 Å². The smallest absolute Gasteiger partial charge is 0.267 e. The van der Waals surface area contributed by atoms with E-state index in [4.69, 9.17) is 0 Å². The zero-order valence-electron chi connectivity index (χ0n) is 10.1. The van der Waals surface area contributed by atoms with Crippen molar-refractivity contribution in [2.75, 3.05) is 7.05 Å². The van der Waals surface area contributed by atoms with Gasteiger partial charge in [-0.3, -0.25) is 4.79 Å². The number of benzene rings is 1. The molecule has 18 heavy (non-hydrogen) atoms. The van der Waals surface area contributed by atoms with Gasteiger partial charge in [0.2, 0.25) is 0 Å². The van der Waals surface area contributed by atoms with Gasteiger partial charge in [0.1, 0.15) is 10.7 Å². The molecule has 0 fully saturated rings. The Kier molecular flexibility index (Phi) is 3.66. The number of rotatable bonds is 3. The van der Waals surface area contributed by atoms with Gasteiger partial charge in [0.25, 0.3) is 5.91 Å². The fourth-order valence-electron chi connectivity index (χ4n) is 1.56. The van der Waals surface area contributed by atoms with Crippen molar-refractivity contribution in [3.8, 4) is 0 Å². The van der Waals surface area contributed by atoms with Crippen LogP contribution in [0, 0.1) is 12.7 Å². The second kappa shape index (κ2) is 5.22. The van der Waals surface area contributed by atoms with E-state index in [0.717, 1.165) is 11.5 Å². The van der Waals surface area contributed by atoms with E-state index in [0.29, 0.717) is 16.1 Å². The molecule has 1 heterocycles. The van der Waals surface area contributed by atoms with Gasteiger partial charge in [-0.05, 0) is 24.5 Å². The van der Waals surface area contributed by atoms with E-state index in [2.05, 4.69) is 9.59 Å². The van der Waals surface area contributed by atoms with Crippen LogP contribution in [0.1, 0.15) is 20.9 Å². The molecule has 0 saturated heterocycles. The summed E-state index contributed by atoms with van der Waals surface area (Å²) >= 11 is 1.05. The molecule has 2 aromatic rings. The first-order valence-corrected chi connectivity index (χ1v) is 6.14. The Morgan fingerprint density at radius 1 is 1.44 bits per heavy atom. The monoisotopic (exact) mass is 265 g/mol. The van der Waals surface area contributed by atoms with Crippen LogP contribution in [0.25, 0.3) is 0 Å². The molecule has 1 amide bonds. The van der Waals surface area contributed by atoms with Crippen molar-refractivity contribution < 1.29 is 9.18 Å². The first kappa shape index (κ1) is 12.6. The number of carbonyl (C=O) groups is 1. The molecule has 2 rings (SSSR count). The van der Waals surface area contributed by atoms with Crippen molar-refractivity contribution >= 4 is 17.4 Å². The second-order valence-corrected chi connectivity index (χ2v) is 4.69. The first-order valence-electron chi connectivity index (χ1n) is 5.37. The summed E-state index contributed by atoms with van der Waals surface area (Å²) in [5, 5.41) is 3.79. The molecule has 0 aliphatic heterocycles. The van der Waals surface area contributed by atoms with Gasteiger partial charge >= 0.3 is 0 Å². The zero-order chi connectivity index (χ0) is 13.1. The highest BCUT2D eigenvalue weighted by molar-refractivity contribution is 7.07. The van der Waals surface area contributed by atoms with Crippen LogP contribution >= 0.6 is 11.5 Å². The standard InChI is InChI=1S/C12H12FN3OS/c1-8-11(18-15-14-8)12(17)16(2)7-9-5-3-4-6-10(9)13/h3-6H,7H2,1-2H3. The molecular weight excluding hydrogens is 253 g/mol. The van der Waals surface area contributed by atoms with Crippen LogP contribution in [0.3, 0.4) is 0 Å². The third-order valence-corrected chi connectivity index (χ3v) is 3.37. The van der Waals surface area contributed by atoms with Gasteiger partial charge in [-0.1, -0.05) is 22.7 Å². The third kappa shape index (κ3) is 2.53. The maximum atomic E-state index is 13.5. The molecule has 0 aliphatic rings. The van der Waals surface area contributed by atoms with E-state index < -0.39 is 0 Å². The molecule has 4 nitrogen and oxygen atoms in total. The van der Waals surface area contributed by atoms with Crippen molar-refractivity contribution in [3.63, 3.8) is 0 Å². The fraction of sp³-hybridized carbons (Fsp3) is 0.250. The van der Waals surface area contributed by atoms with E-state index in [1.165, 1.54) is 11.0 Å². The zero-order valence-corrected chi connectivity index (χ0v) is 10.9. The Hall–Kier alpha value is -1.82. The number of amides is 1. The molecule has 0 radical (unpaired) electrons. The predicted molar refractivity (Wildman–Crippen MR) is 66.8 cm³/mol. The molecule has 0 N–H and O–H groups in total. The molecule has 94 valence electrons. The van der Waals surface area contributed by atoms with Crippen molar-refractivity contribution in [3.05, 3.63) is 46.2 Å². The molecule has 1 aromatic carbocycles. The number of aryl methyl sites for hydroxylation is 1. The third-order valence-electron chi connectivity index (χ3n) is 2.56. The SMILES string of the molecule is Cc1nnsc1C(=O)N(C)Cc1ccccc1F. The summed E-state index contributed by atoms with van der Waals surface area (Å²) in [6.07, 6.45) is 0. The Bertz CT molecular complexity index is 570. The summed E-state index contributed by atoms with van der Waals surface area (Å²) in [6.45, 7) is 1.95. The minimum Gasteiger partial charge on any atom is -0.336 e. The Labute approximate surface area is 108 Å². The number of aromatic nitrogens is 2. The lowest BCUT2D eigenvalue weighted by Crippen LogP contribution is -2.26. The topological polar surface area (TPSA) is 46.1 Å². The predicted octanol–water partition coefficient (Wildman–Crippen LogP) is 2.26. The van der Waals surface area contributed by atoms with Crippen LogP contribution in [0.15, 0.2) is 24.3 Å². The minimum atomic E-state index is -0.309. The van der Waals surface area contributed by atoms with Gasteiger partial charge in [-0.25, -0.2) is 4.39 Å². The number of hydrogen-bond acceptors (Lipinski definition) is 4. The van der Waals surface area contributed by atoms with Crippen LogP contribution in [0.5, 0.6) is 0 Å². The lowest BCUT2D eigenvalue weighted by atomic mass is 10.2. The lowest BCUT2D eigenvalue weighted by molar-refractivity contribution is 0.0787. The van der Waals surface area contributed by atoms with E-state index in [9.17, 15) is 9.18 Å². The fourth-order valence-corrected chi connectivity index (χ4v) is 2.21. The summed E-state index contributed by atoms with van der Waals surface area (Å²) in [7, 11) is 1.63. The van der Waals surface area contributed by atoms with Gasteiger partial charge in [0, 0.05) is 19.2 Å². The highest BCUT2D eigenvalue weighted by Crippen LogP contribution is 2.15. The summed E-state index contributed by atoms with van der Waals surface area (Å²) in [6, 6.07) is 6.41. The summed E-state index contributed by atoms with van der Waals surface area (Å²) in [5.41, 5.74) is 1.09. The summed E-state index contributed by atoms with van der Waals surface area (Å²) in [4.78, 5) is 14.0. The summed E-state index contributed by atoms with van der Waals surface area (Å²) in [5.74, 6) is -0.498. The molecule has 0 saturated carbocycles. The first-order chi connectivity index (χ1) is 8.59. The van der Waals surface area contributed by atoms with Gasteiger partial charge in [-0.2, -0.15) is 0 Å². The van der Waals surface area contributed by atoms with E-state index in [-0.39, 0.29) is 18.3 Å². The van der Waals surface area contributed by atoms with Crippen molar-refractivity contribution in [1.82, 2.24) is 14.5 Å². The number of carbonyl (C=O) groups excluding carboxylic acids is 1. The van der Waals surface area contributed by atoms with Gasteiger partial charge in [0.05, 0.1) is 5.69 Å². The van der Waals surface area contributed by atoms with E-state index >= 15 is 0 Å². The summed E-state index contributed by atoms with van der Waals surface area (Å²) < 4.78 is 17.2. The Morgan fingerprint density at radius 3 is 2.78 bits per heavy atom. The van der Waals surface area contributed by atoms with Crippen LogP contribution < -0.4 is 0 Å². The maximum absolute atomic E-state index is 13.5. The average molecular weight is 265 g/mol. The average Bonchev–Trinajstić information content (AvgIpc) is 2.77. The molecule has 0 bridgehead atoms. The highest BCUT2D eigenvalue weighted by Gasteiger charge is 2.18. The quantitative estimate of drug-likeness (QED) is 0.855. The second-order valence-electron chi connectivity index (χ2n) is 3.94. The Balaban J connectivity index is 2.14. The maximum Gasteiger partial charge on any atom is 0.267 e. The van der Waals surface area contributed by atoms with Crippen LogP contribution in [-0.4, -0.2) is 27.4 Å². The van der Waals surface area contributed by atoms with Crippen LogP contribution in [0.4, 0.5) is 4.39 Å². The van der Waals surface area contributed by atoms with E-state index in [1.54, 1.807) is 32.2 Å². The largest absolute Gasteiger partial charge is 0.336 e. The molecule has 0 aliphatic carbocycles. The Morgan fingerprint density at radius 2 is 2.17 bits per heavy atom. The number of hydrogen-bond donors (Lipinski definition) is 0. The molecular formula is C12H12FN3OS. The lowest BCUT2D eigenvalue weighted by Gasteiger charge is -2.16. The highest BCUT2D eigenvalue weighted by atomic mass is 32.1. The molecule has 0 unspecified atom stereocenters. The van der Waals surface area contributed by atoms with Crippen LogP contribution in [-0.2, 0) is 6.54 Å². The van der Waals surface area contributed by atoms with Crippen molar-refractivity contribution in [2.45, 2.75) is 13.5 Å². The van der Waals surface area contributed by atoms with E-state index in [1.807, 2.05) is 0 Å². The molecule has 1 aromatic heterocycles. The van der Waals surface area contributed by atoms with Crippen LogP contribution in [0.2, 0.25) is 0 Å². The number of nitrogens with zero attached hydrogens (tertiary/aromatic N) is 3. The van der Waals surface area contributed by atoms with Gasteiger partial charge < -0.3 is 4.90 Å². The normalized spacial score (nSPS) is 10.4. The van der Waals surface area contributed by atoms with Gasteiger partial charge in [-0.15, -0.1) is 5.10 Å². The molecule has 6 heteroatoms. The minimum absolute atomic E-state index is 0.189. The number of halogens is 1.